The fourth-order valence-electron chi connectivity index (χ4n) is 2.32. The first-order chi connectivity index (χ1) is 8.74. The predicted molar refractivity (Wildman–Crippen MR) is 71.0 cm³/mol. The second kappa shape index (κ2) is 6.31. The zero-order valence-corrected chi connectivity index (χ0v) is 11.7. The van der Waals surface area contributed by atoms with Crippen molar-refractivity contribution >= 4 is 17.3 Å². The topological polar surface area (TPSA) is 38.8 Å². The molecule has 1 aliphatic heterocycles. The highest BCUT2D eigenvalue weighted by atomic mass is 32.1. The lowest BCUT2D eigenvalue weighted by atomic mass is 10.1. The van der Waals surface area contributed by atoms with Gasteiger partial charge in [0.25, 0.3) is 0 Å². The van der Waals surface area contributed by atoms with Gasteiger partial charge < -0.3 is 9.47 Å². The van der Waals surface area contributed by atoms with E-state index < -0.39 is 0 Å². The molecule has 1 aromatic rings. The molecule has 1 saturated heterocycles. The summed E-state index contributed by atoms with van der Waals surface area (Å²) in [6.07, 6.45) is 2.59. The van der Waals surface area contributed by atoms with Crippen LogP contribution in [0.3, 0.4) is 0 Å². The summed E-state index contributed by atoms with van der Waals surface area (Å²) in [5, 5.41) is 1.94. The van der Waals surface area contributed by atoms with E-state index in [2.05, 4.69) is 4.90 Å². The van der Waals surface area contributed by atoms with Crippen LogP contribution in [0.25, 0.3) is 0 Å². The smallest absolute Gasteiger partial charge is 0.348 e. The summed E-state index contributed by atoms with van der Waals surface area (Å²) in [5.41, 5.74) is 1.06. The van der Waals surface area contributed by atoms with Crippen molar-refractivity contribution in [3.05, 3.63) is 21.9 Å². The number of hydrogen-bond donors (Lipinski definition) is 0. The molecule has 4 nitrogen and oxygen atoms in total. The SMILES string of the molecule is COC(=O)c1sccc1CN1CCC[C@H](OC)C1. The maximum Gasteiger partial charge on any atom is 0.348 e. The monoisotopic (exact) mass is 269 g/mol. The molecule has 0 aliphatic carbocycles. The van der Waals surface area contributed by atoms with Gasteiger partial charge in [-0.15, -0.1) is 11.3 Å². The van der Waals surface area contributed by atoms with Crippen LogP contribution in [0, 0.1) is 0 Å². The van der Waals surface area contributed by atoms with E-state index in [1.165, 1.54) is 18.4 Å². The van der Waals surface area contributed by atoms with Gasteiger partial charge in [0.05, 0.1) is 13.2 Å². The lowest BCUT2D eigenvalue weighted by Crippen LogP contribution is -2.38. The van der Waals surface area contributed by atoms with Gasteiger partial charge in [-0.1, -0.05) is 0 Å². The Kier molecular flexibility index (Phi) is 4.74. The number of carbonyl (C=O) groups is 1. The molecule has 0 saturated carbocycles. The summed E-state index contributed by atoms with van der Waals surface area (Å²) in [6.45, 7) is 2.80. The second-order valence-electron chi connectivity index (χ2n) is 4.50. The molecular weight excluding hydrogens is 250 g/mol. The molecule has 1 aromatic heterocycles. The summed E-state index contributed by atoms with van der Waals surface area (Å²) < 4.78 is 10.2. The maximum absolute atomic E-state index is 11.6. The Balaban J connectivity index is 2.00. The van der Waals surface area contributed by atoms with Crippen molar-refractivity contribution in [1.29, 1.82) is 0 Å². The Bertz CT molecular complexity index is 405. The molecule has 0 bridgehead atoms. The molecule has 1 atom stereocenters. The van der Waals surface area contributed by atoms with Crippen molar-refractivity contribution in [2.45, 2.75) is 25.5 Å². The van der Waals surface area contributed by atoms with E-state index in [1.807, 2.05) is 11.4 Å². The van der Waals surface area contributed by atoms with Gasteiger partial charge in [0.2, 0.25) is 0 Å². The van der Waals surface area contributed by atoms with Crippen molar-refractivity contribution in [3.63, 3.8) is 0 Å². The molecule has 2 heterocycles. The predicted octanol–water partition coefficient (Wildman–Crippen LogP) is 2.15. The number of likely N-dealkylation sites (tertiary alicyclic amines) is 1. The van der Waals surface area contributed by atoms with E-state index in [0.29, 0.717) is 6.10 Å². The zero-order chi connectivity index (χ0) is 13.0. The summed E-state index contributed by atoms with van der Waals surface area (Å²) in [6, 6.07) is 2.01. The summed E-state index contributed by atoms with van der Waals surface area (Å²) in [5.74, 6) is -0.236. The van der Waals surface area contributed by atoms with Gasteiger partial charge in [0, 0.05) is 20.2 Å². The average Bonchev–Trinajstić information content (AvgIpc) is 2.86. The van der Waals surface area contributed by atoms with Gasteiger partial charge in [0.15, 0.2) is 0 Å². The molecule has 18 heavy (non-hydrogen) atoms. The Morgan fingerprint density at radius 3 is 3.11 bits per heavy atom. The third-order valence-corrected chi connectivity index (χ3v) is 4.24. The Morgan fingerprint density at radius 1 is 1.56 bits per heavy atom. The van der Waals surface area contributed by atoms with Crippen molar-refractivity contribution in [1.82, 2.24) is 4.90 Å². The third kappa shape index (κ3) is 3.10. The van der Waals surface area contributed by atoms with Gasteiger partial charge in [-0.2, -0.15) is 0 Å². The van der Waals surface area contributed by atoms with Crippen molar-refractivity contribution < 1.29 is 14.3 Å². The summed E-state index contributed by atoms with van der Waals surface area (Å²) >= 11 is 1.44. The van der Waals surface area contributed by atoms with E-state index in [4.69, 9.17) is 9.47 Å². The first-order valence-electron chi connectivity index (χ1n) is 6.14. The highest BCUT2D eigenvalue weighted by Gasteiger charge is 2.22. The molecule has 5 heteroatoms. The minimum absolute atomic E-state index is 0.236. The number of rotatable bonds is 4. The second-order valence-corrected chi connectivity index (χ2v) is 5.42. The highest BCUT2D eigenvalue weighted by molar-refractivity contribution is 7.12. The van der Waals surface area contributed by atoms with Crippen LogP contribution < -0.4 is 0 Å². The first kappa shape index (κ1) is 13.5. The minimum Gasteiger partial charge on any atom is -0.465 e. The van der Waals surface area contributed by atoms with Crippen LogP contribution >= 0.6 is 11.3 Å². The highest BCUT2D eigenvalue weighted by Crippen LogP contribution is 2.22. The molecule has 0 radical (unpaired) electrons. The summed E-state index contributed by atoms with van der Waals surface area (Å²) in [4.78, 5) is 14.7. The molecular formula is C13H19NO3S. The Labute approximate surface area is 111 Å². The molecule has 0 amide bonds. The van der Waals surface area contributed by atoms with Crippen LogP contribution in [-0.2, 0) is 16.0 Å². The van der Waals surface area contributed by atoms with Crippen LogP contribution in [0.15, 0.2) is 11.4 Å². The van der Waals surface area contributed by atoms with E-state index in [0.717, 1.165) is 42.9 Å². The number of nitrogens with zero attached hydrogens (tertiary/aromatic N) is 1. The quantitative estimate of drug-likeness (QED) is 0.785. The van der Waals surface area contributed by atoms with Crippen molar-refractivity contribution in [2.75, 3.05) is 27.3 Å². The Hall–Kier alpha value is -0.910. The van der Waals surface area contributed by atoms with Gasteiger partial charge in [-0.25, -0.2) is 4.79 Å². The number of methoxy groups -OCH3 is 2. The van der Waals surface area contributed by atoms with E-state index in [1.54, 1.807) is 7.11 Å². The number of carbonyl (C=O) groups excluding carboxylic acids is 1. The van der Waals surface area contributed by atoms with E-state index in [-0.39, 0.29) is 5.97 Å². The molecule has 0 unspecified atom stereocenters. The van der Waals surface area contributed by atoms with Gasteiger partial charge in [0.1, 0.15) is 4.88 Å². The molecule has 100 valence electrons. The van der Waals surface area contributed by atoms with Gasteiger partial charge in [-0.3, -0.25) is 4.90 Å². The van der Waals surface area contributed by atoms with Crippen LogP contribution in [-0.4, -0.2) is 44.3 Å². The first-order valence-corrected chi connectivity index (χ1v) is 7.02. The molecule has 0 aromatic carbocycles. The zero-order valence-electron chi connectivity index (χ0n) is 10.8. The normalized spacial score (nSPS) is 20.9. The fraction of sp³-hybridized carbons (Fsp3) is 0.615. The molecule has 1 aliphatic rings. The van der Waals surface area contributed by atoms with Crippen LogP contribution in [0.4, 0.5) is 0 Å². The molecule has 0 spiro atoms. The standard InChI is InChI=1S/C13H19NO3S/c1-16-11-4-3-6-14(9-11)8-10-5-7-18-12(10)13(15)17-2/h5,7,11H,3-4,6,8-9H2,1-2H3/t11-/m0/s1. The number of hydrogen-bond acceptors (Lipinski definition) is 5. The van der Waals surface area contributed by atoms with Crippen LogP contribution in [0.5, 0.6) is 0 Å². The third-order valence-electron chi connectivity index (χ3n) is 3.31. The maximum atomic E-state index is 11.6. The molecule has 0 N–H and O–H groups in total. The number of piperidine rings is 1. The van der Waals surface area contributed by atoms with Crippen molar-refractivity contribution in [2.24, 2.45) is 0 Å². The van der Waals surface area contributed by atoms with E-state index >= 15 is 0 Å². The summed E-state index contributed by atoms with van der Waals surface area (Å²) in [7, 11) is 3.19. The van der Waals surface area contributed by atoms with Gasteiger partial charge in [-0.05, 0) is 36.4 Å². The Morgan fingerprint density at radius 2 is 2.39 bits per heavy atom. The number of thiophene rings is 1. The average molecular weight is 269 g/mol. The lowest BCUT2D eigenvalue weighted by molar-refractivity contribution is 0.0284. The fourth-order valence-corrected chi connectivity index (χ4v) is 3.15. The largest absolute Gasteiger partial charge is 0.465 e. The van der Waals surface area contributed by atoms with Crippen LogP contribution in [0.2, 0.25) is 0 Å². The number of esters is 1. The minimum atomic E-state index is -0.236. The van der Waals surface area contributed by atoms with Crippen molar-refractivity contribution in [3.8, 4) is 0 Å². The molecule has 2 rings (SSSR count). The van der Waals surface area contributed by atoms with Crippen LogP contribution in [0.1, 0.15) is 28.1 Å². The number of ether oxygens (including phenoxy) is 2. The molecule has 1 fully saturated rings. The van der Waals surface area contributed by atoms with E-state index in [9.17, 15) is 4.79 Å². The van der Waals surface area contributed by atoms with Gasteiger partial charge >= 0.3 is 5.97 Å². The lowest BCUT2D eigenvalue weighted by Gasteiger charge is -2.31.